The second kappa shape index (κ2) is 6.37. The van der Waals surface area contributed by atoms with Crippen LogP contribution in [0.4, 0.5) is 13.2 Å². The number of alkyl halides is 3. The van der Waals surface area contributed by atoms with Gasteiger partial charge in [0.2, 0.25) is 0 Å². The van der Waals surface area contributed by atoms with E-state index in [1.807, 2.05) is 0 Å². The van der Waals surface area contributed by atoms with Crippen LogP contribution < -0.4 is 0 Å². The molecule has 0 fully saturated rings. The number of hydrogen-bond donors (Lipinski definition) is 0. The minimum atomic E-state index is -4.56. The second-order valence-corrected chi connectivity index (χ2v) is 5.58. The van der Waals surface area contributed by atoms with Crippen molar-refractivity contribution in [3.05, 3.63) is 27.9 Å². The Morgan fingerprint density at radius 3 is 2.64 bits per heavy atom. The number of aromatic nitrogens is 2. The predicted molar refractivity (Wildman–Crippen MR) is 78.9 cm³/mol. The van der Waals surface area contributed by atoms with Gasteiger partial charge in [0.1, 0.15) is 4.60 Å². The molecule has 120 valence electrons. The number of halogens is 4. The largest absolute Gasteiger partial charge is 0.417 e. The number of Topliss-reactive ketones (excluding diaryl/α,β-unsaturated/α-hetero) is 1. The number of carbonyl (C=O) groups is 1. The van der Waals surface area contributed by atoms with Crippen LogP contribution in [0.25, 0.3) is 10.9 Å². The zero-order valence-electron chi connectivity index (χ0n) is 12.0. The highest BCUT2D eigenvalue weighted by Gasteiger charge is 2.35. The van der Waals surface area contributed by atoms with Gasteiger partial charge in [0.15, 0.2) is 5.78 Å². The van der Waals surface area contributed by atoms with Gasteiger partial charge in [-0.2, -0.15) is 18.3 Å². The molecule has 8 heteroatoms. The van der Waals surface area contributed by atoms with E-state index < -0.39 is 17.5 Å². The first-order chi connectivity index (χ1) is 10.3. The monoisotopic (exact) mass is 378 g/mol. The van der Waals surface area contributed by atoms with Crippen LogP contribution in [-0.2, 0) is 17.5 Å². The quantitative estimate of drug-likeness (QED) is 0.582. The number of carbonyl (C=O) groups excluding carboxylic acids is 1. The number of ether oxygens (including phenoxy) is 1. The smallest absolute Gasteiger partial charge is 0.385 e. The van der Waals surface area contributed by atoms with E-state index in [1.165, 1.54) is 17.7 Å². The number of rotatable bonds is 5. The molecular weight excluding hydrogens is 365 g/mol. The van der Waals surface area contributed by atoms with E-state index in [4.69, 9.17) is 4.74 Å². The summed E-state index contributed by atoms with van der Waals surface area (Å²) in [4.78, 5) is 11.5. The fourth-order valence-corrected chi connectivity index (χ4v) is 2.82. The van der Waals surface area contributed by atoms with Crippen molar-refractivity contribution in [3.8, 4) is 0 Å². The minimum Gasteiger partial charge on any atom is -0.385 e. The van der Waals surface area contributed by atoms with Crippen LogP contribution in [0.2, 0.25) is 0 Å². The van der Waals surface area contributed by atoms with Gasteiger partial charge in [-0.05, 0) is 41.4 Å². The molecule has 0 aliphatic carbocycles. The number of aryl methyl sites for hydroxylation is 1. The Bertz CT molecular complexity index is 710. The lowest BCUT2D eigenvalue weighted by atomic mass is 10.0. The van der Waals surface area contributed by atoms with Gasteiger partial charge in [0.25, 0.3) is 0 Å². The van der Waals surface area contributed by atoms with E-state index in [9.17, 15) is 18.0 Å². The van der Waals surface area contributed by atoms with Gasteiger partial charge in [-0.1, -0.05) is 0 Å². The maximum atomic E-state index is 13.3. The van der Waals surface area contributed by atoms with Gasteiger partial charge in [-0.25, -0.2) is 0 Å². The zero-order chi connectivity index (χ0) is 16.5. The van der Waals surface area contributed by atoms with Gasteiger partial charge in [0.05, 0.1) is 11.1 Å². The maximum absolute atomic E-state index is 13.3. The molecular formula is C14H14BrF3N2O2. The summed E-state index contributed by atoms with van der Waals surface area (Å²) in [5.74, 6) is -0.423. The van der Waals surface area contributed by atoms with E-state index in [0.29, 0.717) is 19.6 Å². The SMILES string of the molecule is COCCCn1nc(Br)c2c(C(F)(F)F)cc(C(C)=O)cc21. The summed E-state index contributed by atoms with van der Waals surface area (Å²) in [5.41, 5.74) is -0.566. The van der Waals surface area contributed by atoms with E-state index in [-0.39, 0.29) is 21.1 Å². The average Bonchev–Trinajstić information content (AvgIpc) is 2.74. The van der Waals surface area contributed by atoms with Gasteiger partial charge < -0.3 is 4.74 Å². The molecule has 0 unspecified atom stereocenters. The number of benzene rings is 1. The first-order valence-electron chi connectivity index (χ1n) is 6.53. The van der Waals surface area contributed by atoms with Crippen molar-refractivity contribution in [2.24, 2.45) is 0 Å². The standard InChI is InChI=1S/C14H14BrF3N2O2/c1-8(21)9-6-10(14(16,17)18)12-11(7-9)20(19-13(12)15)4-3-5-22-2/h6-7H,3-5H2,1-2H3. The molecule has 1 aromatic carbocycles. The summed E-state index contributed by atoms with van der Waals surface area (Å²) < 4.78 is 46.3. The summed E-state index contributed by atoms with van der Waals surface area (Å²) in [6.07, 6.45) is -3.96. The van der Waals surface area contributed by atoms with Crippen LogP contribution in [0, 0.1) is 0 Å². The average molecular weight is 379 g/mol. The number of fused-ring (bicyclic) bond motifs is 1. The molecule has 2 rings (SSSR count). The molecule has 1 heterocycles. The van der Waals surface area contributed by atoms with Crippen LogP contribution in [0.5, 0.6) is 0 Å². The second-order valence-electron chi connectivity index (χ2n) is 4.83. The van der Waals surface area contributed by atoms with Crippen molar-refractivity contribution in [3.63, 3.8) is 0 Å². The molecule has 0 atom stereocenters. The van der Waals surface area contributed by atoms with Crippen LogP contribution >= 0.6 is 15.9 Å². The number of nitrogens with zero attached hydrogens (tertiary/aromatic N) is 2. The minimum absolute atomic E-state index is 0.0141. The predicted octanol–water partition coefficient (Wildman–Crippen LogP) is 4.06. The molecule has 4 nitrogen and oxygen atoms in total. The molecule has 2 aromatic rings. The van der Waals surface area contributed by atoms with Crippen molar-refractivity contribution in [1.82, 2.24) is 9.78 Å². The lowest BCUT2D eigenvalue weighted by Crippen LogP contribution is -2.09. The molecule has 0 aliphatic heterocycles. The Morgan fingerprint density at radius 2 is 2.09 bits per heavy atom. The van der Waals surface area contributed by atoms with Gasteiger partial charge in [-0.15, -0.1) is 0 Å². The fourth-order valence-electron chi connectivity index (χ4n) is 2.21. The van der Waals surface area contributed by atoms with Crippen LogP contribution in [0.1, 0.15) is 29.3 Å². The molecule has 0 N–H and O–H groups in total. The van der Waals surface area contributed by atoms with E-state index in [2.05, 4.69) is 21.0 Å². The van der Waals surface area contributed by atoms with Gasteiger partial charge in [0, 0.05) is 31.2 Å². The topological polar surface area (TPSA) is 44.1 Å². The summed E-state index contributed by atoms with van der Waals surface area (Å²) in [5, 5.41) is 4.07. The Hall–Kier alpha value is -1.41. The molecule has 0 aliphatic rings. The summed E-state index contributed by atoms with van der Waals surface area (Å²) in [7, 11) is 1.55. The summed E-state index contributed by atoms with van der Waals surface area (Å²) >= 11 is 3.08. The molecule has 0 radical (unpaired) electrons. The number of hydrogen-bond acceptors (Lipinski definition) is 3. The molecule has 0 spiro atoms. The third-order valence-electron chi connectivity index (χ3n) is 3.24. The highest BCUT2D eigenvalue weighted by molar-refractivity contribution is 9.10. The first-order valence-corrected chi connectivity index (χ1v) is 7.32. The third-order valence-corrected chi connectivity index (χ3v) is 3.80. The molecule has 0 bridgehead atoms. The highest BCUT2D eigenvalue weighted by Crippen LogP contribution is 2.39. The van der Waals surface area contributed by atoms with Crippen molar-refractivity contribution in [2.45, 2.75) is 26.1 Å². The Kier molecular flexibility index (Phi) is 4.91. The Labute approximate surface area is 133 Å². The molecule has 22 heavy (non-hydrogen) atoms. The Balaban J connectivity index is 2.66. The number of ketones is 1. The van der Waals surface area contributed by atoms with Crippen molar-refractivity contribution in [1.29, 1.82) is 0 Å². The number of methoxy groups -OCH3 is 1. The van der Waals surface area contributed by atoms with Crippen molar-refractivity contribution >= 4 is 32.6 Å². The van der Waals surface area contributed by atoms with Crippen LogP contribution in [0.15, 0.2) is 16.7 Å². The highest BCUT2D eigenvalue weighted by atomic mass is 79.9. The van der Waals surface area contributed by atoms with Gasteiger partial charge >= 0.3 is 6.18 Å². The van der Waals surface area contributed by atoms with Crippen LogP contribution in [-0.4, -0.2) is 29.3 Å². The zero-order valence-corrected chi connectivity index (χ0v) is 13.6. The summed E-state index contributed by atoms with van der Waals surface area (Å²) in [6.45, 7) is 2.11. The lowest BCUT2D eigenvalue weighted by molar-refractivity contribution is -0.136. The van der Waals surface area contributed by atoms with E-state index in [0.717, 1.165) is 6.07 Å². The van der Waals surface area contributed by atoms with Gasteiger partial charge in [-0.3, -0.25) is 9.48 Å². The maximum Gasteiger partial charge on any atom is 0.417 e. The van der Waals surface area contributed by atoms with E-state index in [1.54, 1.807) is 7.11 Å². The fraction of sp³-hybridized carbons (Fsp3) is 0.429. The van der Waals surface area contributed by atoms with Crippen molar-refractivity contribution in [2.75, 3.05) is 13.7 Å². The normalized spacial score (nSPS) is 12.1. The molecule has 0 saturated heterocycles. The van der Waals surface area contributed by atoms with Crippen molar-refractivity contribution < 1.29 is 22.7 Å². The molecule has 0 amide bonds. The molecule has 0 saturated carbocycles. The van der Waals surface area contributed by atoms with Crippen LogP contribution in [0.3, 0.4) is 0 Å². The van der Waals surface area contributed by atoms with E-state index >= 15 is 0 Å². The first kappa shape index (κ1) is 17.0. The molecule has 1 aromatic heterocycles. The summed E-state index contributed by atoms with van der Waals surface area (Å²) in [6, 6.07) is 2.31. The Morgan fingerprint density at radius 1 is 1.41 bits per heavy atom. The third kappa shape index (κ3) is 3.33. The lowest BCUT2D eigenvalue weighted by Gasteiger charge is -2.11.